The molecule has 0 saturated heterocycles. The molecule has 0 heterocycles. The second-order valence-electron chi connectivity index (χ2n) is 5.00. The zero-order valence-corrected chi connectivity index (χ0v) is 12.0. The molecule has 1 saturated carbocycles. The molecule has 2 rings (SSSR count). The van der Waals surface area contributed by atoms with Crippen LogP contribution >= 0.6 is 15.9 Å². The maximum Gasteiger partial charge on any atom is 0.305 e. The number of benzene rings is 1. The highest BCUT2D eigenvalue weighted by Gasteiger charge is 2.33. The Morgan fingerprint density at radius 2 is 2.11 bits per heavy atom. The van der Waals surface area contributed by atoms with Gasteiger partial charge in [0, 0.05) is 22.9 Å². The lowest BCUT2D eigenvalue weighted by atomic mass is 9.90. The molecule has 0 atom stereocenters. The number of nitro groups is 1. The fourth-order valence-electron chi connectivity index (χ4n) is 2.40. The van der Waals surface area contributed by atoms with E-state index in [1.165, 1.54) is 18.9 Å². The monoisotopic (exact) mass is 331 g/mol. The van der Waals surface area contributed by atoms with Gasteiger partial charge in [-0.05, 0) is 18.9 Å². The van der Waals surface area contributed by atoms with Crippen LogP contribution in [-0.2, 0) is 0 Å². The van der Waals surface area contributed by atoms with Crippen LogP contribution in [0.2, 0.25) is 0 Å². The quantitative estimate of drug-likeness (QED) is 0.464. The van der Waals surface area contributed by atoms with Crippen molar-refractivity contribution in [3.63, 3.8) is 0 Å². The Bertz CT molecular complexity index is 475. The SMILES string of the molecule is O=[N+]([O-])c1ccc(OCC2(CBr)CCCC2)cc1F. The van der Waals surface area contributed by atoms with Crippen molar-refractivity contribution >= 4 is 21.6 Å². The Balaban J connectivity index is 2.03. The molecule has 0 N–H and O–H groups in total. The predicted octanol–water partition coefficient (Wildman–Crippen LogP) is 4.07. The maximum absolute atomic E-state index is 13.4. The summed E-state index contributed by atoms with van der Waals surface area (Å²) in [6.07, 6.45) is 4.55. The molecule has 4 nitrogen and oxygen atoms in total. The first-order valence-electron chi connectivity index (χ1n) is 6.19. The third kappa shape index (κ3) is 3.23. The summed E-state index contributed by atoms with van der Waals surface area (Å²) in [4.78, 5) is 9.78. The van der Waals surface area contributed by atoms with E-state index in [1.807, 2.05) is 0 Å². The van der Waals surface area contributed by atoms with E-state index >= 15 is 0 Å². The van der Waals surface area contributed by atoms with Crippen molar-refractivity contribution in [2.75, 3.05) is 11.9 Å². The van der Waals surface area contributed by atoms with Crippen LogP contribution in [-0.4, -0.2) is 16.9 Å². The summed E-state index contributed by atoms with van der Waals surface area (Å²) in [7, 11) is 0. The second-order valence-corrected chi connectivity index (χ2v) is 5.56. The fourth-order valence-corrected chi connectivity index (χ4v) is 3.13. The molecule has 19 heavy (non-hydrogen) atoms. The van der Waals surface area contributed by atoms with Gasteiger partial charge in [-0.3, -0.25) is 10.1 Å². The molecule has 0 unspecified atom stereocenters. The molecule has 0 spiro atoms. The van der Waals surface area contributed by atoms with Crippen LogP contribution in [0.4, 0.5) is 10.1 Å². The molecule has 6 heteroatoms. The van der Waals surface area contributed by atoms with Crippen molar-refractivity contribution in [2.24, 2.45) is 5.41 Å². The first-order chi connectivity index (χ1) is 9.06. The highest BCUT2D eigenvalue weighted by molar-refractivity contribution is 9.09. The third-order valence-corrected chi connectivity index (χ3v) is 4.80. The highest BCUT2D eigenvalue weighted by Crippen LogP contribution is 2.40. The minimum absolute atomic E-state index is 0.109. The summed E-state index contributed by atoms with van der Waals surface area (Å²) < 4.78 is 19.1. The van der Waals surface area contributed by atoms with Crippen LogP contribution < -0.4 is 4.74 Å². The van der Waals surface area contributed by atoms with Crippen LogP contribution in [0.1, 0.15) is 25.7 Å². The number of nitrogens with zero attached hydrogens (tertiary/aromatic N) is 1. The van der Waals surface area contributed by atoms with Crippen LogP contribution in [0, 0.1) is 21.3 Å². The van der Waals surface area contributed by atoms with Gasteiger partial charge in [0.15, 0.2) is 0 Å². The topological polar surface area (TPSA) is 52.4 Å². The number of halogens is 2. The van der Waals surface area contributed by atoms with E-state index in [9.17, 15) is 14.5 Å². The van der Waals surface area contributed by atoms with Gasteiger partial charge in [0.2, 0.25) is 5.82 Å². The molecule has 1 aromatic carbocycles. The van der Waals surface area contributed by atoms with Crippen LogP contribution in [0.25, 0.3) is 0 Å². The molecule has 0 bridgehead atoms. The van der Waals surface area contributed by atoms with Crippen LogP contribution in [0.3, 0.4) is 0 Å². The number of ether oxygens (including phenoxy) is 1. The molecule has 1 aromatic rings. The molecule has 1 aliphatic carbocycles. The van der Waals surface area contributed by atoms with Crippen LogP contribution in [0.5, 0.6) is 5.75 Å². The summed E-state index contributed by atoms with van der Waals surface area (Å²) in [6, 6.07) is 3.66. The van der Waals surface area contributed by atoms with Gasteiger partial charge >= 0.3 is 5.69 Å². The lowest BCUT2D eigenvalue weighted by molar-refractivity contribution is -0.387. The first-order valence-corrected chi connectivity index (χ1v) is 7.31. The number of hydrogen-bond donors (Lipinski definition) is 0. The van der Waals surface area contributed by atoms with Crippen molar-refractivity contribution in [1.29, 1.82) is 0 Å². The number of rotatable bonds is 5. The van der Waals surface area contributed by atoms with E-state index < -0.39 is 16.4 Å². The van der Waals surface area contributed by atoms with Crippen molar-refractivity contribution in [3.8, 4) is 5.75 Å². The van der Waals surface area contributed by atoms with Gasteiger partial charge in [-0.15, -0.1) is 0 Å². The van der Waals surface area contributed by atoms with Gasteiger partial charge in [0.1, 0.15) is 5.75 Å². The highest BCUT2D eigenvalue weighted by atomic mass is 79.9. The zero-order valence-electron chi connectivity index (χ0n) is 10.4. The normalized spacial score (nSPS) is 17.4. The smallest absolute Gasteiger partial charge is 0.305 e. The molecule has 0 aliphatic heterocycles. The van der Waals surface area contributed by atoms with Gasteiger partial charge in [0.05, 0.1) is 11.5 Å². The van der Waals surface area contributed by atoms with Gasteiger partial charge in [-0.2, -0.15) is 4.39 Å². The van der Waals surface area contributed by atoms with Gasteiger partial charge < -0.3 is 4.74 Å². The summed E-state index contributed by atoms with van der Waals surface area (Å²) in [5.41, 5.74) is -0.415. The lowest BCUT2D eigenvalue weighted by Gasteiger charge is -2.26. The average molecular weight is 332 g/mol. The van der Waals surface area contributed by atoms with Gasteiger partial charge in [0.25, 0.3) is 0 Å². The van der Waals surface area contributed by atoms with Crippen molar-refractivity contribution in [3.05, 3.63) is 34.1 Å². The fraction of sp³-hybridized carbons (Fsp3) is 0.538. The van der Waals surface area contributed by atoms with E-state index in [2.05, 4.69) is 15.9 Å². The Labute approximate surface area is 119 Å². The van der Waals surface area contributed by atoms with Crippen molar-refractivity contribution < 1.29 is 14.1 Å². The Morgan fingerprint density at radius 1 is 1.42 bits per heavy atom. The van der Waals surface area contributed by atoms with Gasteiger partial charge in [-0.25, -0.2) is 0 Å². The molecular formula is C13H15BrFNO3. The number of nitro benzene ring substituents is 1. The first kappa shape index (κ1) is 14.2. The molecule has 104 valence electrons. The number of hydrogen-bond acceptors (Lipinski definition) is 3. The molecular weight excluding hydrogens is 317 g/mol. The molecule has 1 aliphatic rings. The Kier molecular flexibility index (Phi) is 4.39. The van der Waals surface area contributed by atoms with E-state index in [4.69, 9.17) is 4.74 Å². The molecule has 0 radical (unpaired) electrons. The molecule has 1 fully saturated rings. The summed E-state index contributed by atoms with van der Waals surface area (Å²) in [5, 5.41) is 11.4. The lowest BCUT2D eigenvalue weighted by Crippen LogP contribution is -2.27. The average Bonchev–Trinajstić information content (AvgIpc) is 2.85. The van der Waals surface area contributed by atoms with Gasteiger partial charge in [-0.1, -0.05) is 28.8 Å². The van der Waals surface area contributed by atoms with Crippen molar-refractivity contribution in [2.45, 2.75) is 25.7 Å². The second kappa shape index (κ2) is 5.86. The molecule has 0 amide bonds. The minimum atomic E-state index is -0.859. The standard InChI is InChI=1S/C13H15BrFNO3/c14-8-13(5-1-2-6-13)9-19-10-3-4-12(16(17)18)11(15)7-10/h3-4,7H,1-2,5-6,8-9H2. The zero-order chi connectivity index (χ0) is 13.9. The summed E-state index contributed by atoms with van der Waals surface area (Å²) in [6.45, 7) is 0.509. The van der Waals surface area contributed by atoms with Crippen LogP contribution in [0.15, 0.2) is 18.2 Å². The maximum atomic E-state index is 13.4. The summed E-state index contributed by atoms with van der Waals surface area (Å²) >= 11 is 3.51. The van der Waals surface area contributed by atoms with E-state index in [1.54, 1.807) is 0 Å². The Morgan fingerprint density at radius 3 is 2.63 bits per heavy atom. The summed E-state index contributed by atoms with van der Waals surface area (Å²) in [5.74, 6) is -0.517. The molecule has 0 aromatic heterocycles. The van der Waals surface area contributed by atoms with E-state index in [0.717, 1.165) is 30.3 Å². The van der Waals surface area contributed by atoms with E-state index in [0.29, 0.717) is 12.4 Å². The largest absolute Gasteiger partial charge is 0.493 e. The van der Waals surface area contributed by atoms with E-state index in [-0.39, 0.29) is 5.41 Å². The minimum Gasteiger partial charge on any atom is -0.493 e. The third-order valence-electron chi connectivity index (χ3n) is 3.61. The van der Waals surface area contributed by atoms with Crippen molar-refractivity contribution in [1.82, 2.24) is 0 Å². The number of alkyl halides is 1. The Hall–Kier alpha value is -1.17. The predicted molar refractivity (Wildman–Crippen MR) is 73.2 cm³/mol.